The van der Waals surface area contributed by atoms with E-state index in [0.29, 0.717) is 49.6 Å². The number of pyridine rings is 1. The third kappa shape index (κ3) is 10.1. The number of carbonyl (C=O) groups is 3. The molecule has 2 aromatic heterocycles. The summed E-state index contributed by atoms with van der Waals surface area (Å²) >= 11 is 8.99. The van der Waals surface area contributed by atoms with Crippen LogP contribution in [0.1, 0.15) is 50.4 Å². The fraction of sp³-hybridized carbons (Fsp3) is 0.342. The lowest BCUT2D eigenvalue weighted by Gasteiger charge is -2.22. The zero-order valence-corrected chi connectivity index (χ0v) is 32.3. The number of aromatic nitrogens is 2. The van der Waals surface area contributed by atoms with Crippen molar-refractivity contribution in [2.75, 3.05) is 31.2 Å². The van der Waals surface area contributed by atoms with Gasteiger partial charge in [0.2, 0.25) is 11.8 Å². The molecule has 0 saturated carbocycles. The number of halogens is 1. The number of nitrogens with zero attached hydrogens (tertiary/aromatic N) is 5. The van der Waals surface area contributed by atoms with Gasteiger partial charge in [0.05, 0.1) is 17.3 Å². The van der Waals surface area contributed by atoms with E-state index in [-0.39, 0.29) is 13.2 Å². The standard InChI is InChI=1S/C38H39ClN8O5S2/c1-22(42)34(48)43-23(2)35(49)44-24(3)38(50)52-17-16-51-29-12-8-25(9-13-29)32-30(18-40)33(47-14-4-5-15-47)46-37(31(32)19-41)54-21-28-20-53-36(45-28)26-6-10-27(39)11-7-26/h6-13,20,22-24H,4-5,14-17,21,42H2,1-3H3,(H,43,48)(H,44,49). The Labute approximate surface area is 326 Å². The minimum atomic E-state index is -0.961. The lowest BCUT2D eigenvalue weighted by molar-refractivity contribution is -0.148. The van der Waals surface area contributed by atoms with Gasteiger partial charge in [0, 0.05) is 40.4 Å². The molecule has 3 heterocycles. The molecule has 4 N–H and O–H groups in total. The van der Waals surface area contributed by atoms with E-state index in [9.17, 15) is 24.9 Å². The van der Waals surface area contributed by atoms with Gasteiger partial charge in [0.25, 0.3) is 0 Å². The molecule has 13 nitrogen and oxygen atoms in total. The van der Waals surface area contributed by atoms with E-state index in [0.717, 1.165) is 42.2 Å². The fourth-order valence-corrected chi connectivity index (χ4v) is 7.44. The number of esters is 1. The third-order valence-corrected chi connectivity index (χ3v) is 10.6. The van der Waals surface area contributed by atoms with Crippen LogP contribution < -0.4 is 26.0 Å². The summed E-state index contributed by atoms with van der Waals surface area (Å²) in [6, 6.07) is 16.5. The van der Waals surface area contributed by atoms with Gasteiger partial charge in [0.15, 0.2) is 0 Å². The molecule has 5 rings (SSSR count). The maximum absolute atomic E-state index is 12.4. The highest BCUT2D eigenvalue weighted by molar-refractivity contribution is 7.98. The van der Waals surface area contributed by atoms with Crippen molar-refractivity contribution in [3.05, 3.63) is 75.8 Å². The predicted octanol–water partition coefficient (Wildman–Crippen LogP) is 5.44. The molecule has 54 heavy (non-hydrogen) atoms. The van der Waals surface area contributed by atoms with Crippen molar-refractivity contribution in [2.24, 2.45) is 5.73 Å². The molecule has 2 aromatic carbocycles. The molecule has 280 valence electrons. The van der Waals surface area contributed by atoms with Crippen LogP contribution in [0.2, 0.25) is 5.02 Å². The second kappa shape index (κ2) is 18.7. The molecule has 0 spiro atoms. The summed E-state index contributed by atoms with van der Waals surface area (Å²) in [7, 11) is 0. The third-order valence-electron chi connectivity index (χ3n) is 8.39. The van der Waals surface area contributed by atoms with Gasteiger partial charge in [-0.25, -0.2) is 14.8 Å². The van der Waals surface area contributed by atoms with Crippen LogP contribution in [-0.2, 0) is 24.9 Å². The van der Waals surface area contributed by atoms with Crippen molar-refractivity contribution in [2.45, 2.75) is 62.5 Å². The van der Waals surface area contributed by atoms with Crippen LogP contribution in [0.15, 0.2) is 58.9 Å². The number of ether oxygens (including phenoxy) is 2. The molecule has 1 aliphatic heterocycles. The first-order chi connectivity index (χ1) is 26.0. The van der Waals surface area contributed by atoms with Crippen LogP contribution in [0, 0.1) is 22.7 Å². The van der Waals surface area contributed by atoms with Crippen molar-refractivity contribution < 1.29 is 23.9 Å². The number of anilines is 1. The Morgan fingerprint density at radius 1 is 0.926 bits per heavy atom. The van der Waals surface area contributed by atoms with Gasteiger partial charge in [-0.05, 0) is 63.4 Å². The Morgan fingerprint density at radius 2 is 1.57 bits per heavy atom. The monoisotopic (exact) mass is 786 g/mol. The number of hydrogen-bond acceptors (Lipinski definition) is 13. The molecule has 1 saturated heterocycles. The van der Waals surface area contributed by atoms with Crippen LogP contribution in [-0.4, -0.2) is 72.2 Å². The molecule has 1 fully saturated rings. The number of nitriles is 2. The lowest BCUT2D eigenvalue weighted by Crippen LogP contribution is -2.52. The number of carbonyl (C=O) groups excluding carboxylic acids is 3. The van der Waals surface area contributed by atoms with Crippen LogP contribution >= 0.6 is 34.7 Å². The second-order valence-electron chi connectivity index (χ2n) is 12.5. The highest BCUT2D eigenvalue weighted by Gasteiger charge is 2.27. The summed E-state index contributed by atoms with van der Waals surface area (Å²) in [6.07, 6.45) is 1.97. The van der Waals surface area contributed by atoms with E-state index >= 15 is 0 Å². The molecular formula is C38H39ClN8O5S2. The maximum atomic E-state index is 12.4. The number of rotatable bonds is 15. The molecule has 0 bridgehead atoms. The van der Waals surface area contributed by atoms with Gasteiger partial charge in [0.1, 0.15) is 64.6 Å². The van der Waals surface area contributed by atoms with Gasteiger partial charge < -0.3 is 30.7 Å². The highest BCUT2D eigenvalue weighted by atomic mass is 35.5. The van der Waals surface area contributed by atoms with Crippen molar-refractivity contribution in [1.82, 2.24) is 20.6 Å². The molecule has 0 aliphatic carbocycles. The van der Waals surface area contributed by atoms with Crippen LogP contribution in [0.3, 0.4) is 0 Å². The average molecular weight is 787 g/mol. The number of benzene rings is 2. The quantitative estimate of drug-likeness (QED) is 0.0786. The maximum Gasteiger partial charge on any atom is 0.328 e. The summed E-state index contributed by atoms with van der Waals surface area (Å²) < 4.78 is 11.0. The van der Waals surface area contributed by atoms with Crippen LogP contribution in [0.5, 0.6) is 5.75 Å². The van der Waals surface area contributed by atoms with Crippen molar-refractivity contribution in [3.8, 4) is 39.6 Å². The Bertz CT molecular complexity index is 2060. The number of nitrogens with two attached hydrogens (primary N) is 1. The Hall–Kier alpha value is -5.19. The summed E-state index contributed by atoms with van der Waals surface area (Å²) in [4.78, 5) is 48.3. The molecule has 3 atom stereocenters. The summed E-state index contributed by atoms with van der Waals surface area (Å²) in [6.45, 7) is 5.93. The van der Waals surface area contributed by atoms with Gasteiger partial charge in [-0.3, -0.25) is 9.59 Å². The Morgan fingerprint density at radius 3 is 2.22 bits per heavy atom. The van der Waals surface area contributed by atoms with Crippen molar-refractivity contribution in [1.29, 1.82) is 10.5 Å². The molecule has 3 unspecified atom stereocenters. The normalized spacial score (nSPS) is 13.9. The van der Waals surface area contributed by atoms with E-state index in [2.05, 4.69) is 27.7 Å². The molecule has 16 heteroatoms. The van der Waals surface area contributed by atoms with Crippen LogP contribution in [0.25, 0.3) is 21.7 Å². The largest absolute Gasteiger partial charge is 0.490 e. The Balaban J connectivity index is 1.26. The van der Waals surface area contributed by atoms with E-state index in [1.54, 1.807) is 24.3 Å². The topological polar surface area (TPSA) is 196 Å². The highest BCUT2D eigenvalue weighted by Crippen LogP contribution is 2.40. The zero-order valence-electron chi connectivity index (χ0n) is 29.9. The van der Waals surface area contributed by atoms with E-state index in [4.69, 9.17) is 36.8 Å². The first-order valence-electron chi connectivity index (χ1n) is 17.2. The molecular weight excluding hydrogens is 748 g/mol. The summed E-state index contributed by atoms with van der Waals surface area (Å²) in [5, 5.41) is 29.9. The van der Waals surface area contributed by atoms with Gasteiger partial charge in [-0.15, -0.1) is 11.3 Å². The number of amides is 2. The van der Waals surface area contributed by atoms with Gasteiger partial charge >= 0.3 is 5.97 Å². The van der Waals surface area contributed by atoms with Gasteiger partial charge in [-0.2, -0.15) is 10.5 Å². The lowest BCUT2D eigenvalue weighted by atomic mass is 9.96. The number of thiazole rings is 1. The first-order valence-corrected chi connectivity index (χ1v) is 19.5. The molecule has 4 aromatic rings. The smallest absolute Gasteiger partial charge is 0.328 e. The van der Waals surface area contributed by atoms with E-state index in [1.165, 1.54) is 43.9 Å². The fourth-order valence-electron chi connectivity index (χ4n) is 5.51. The summed E-state index contributed by atoms with van der Waals surface area (Å²) in [5.74, 6) is -0.195. The average Bonchev–Trinajstić information content (AvgIpc) is 3.89. The first kappa shape index (κ1) is 40.0. The summed E-state index contributed by atoms with van der Waals surface area (Å²) in [5.41, 5.74) is 9.13. The Kier molecular flexibility index (Phi) is 13.9. The number of hydrogen-bond donors (Lipinski definition) is 3. The number of thioether (sulfide) groups is 1. The predicted molar refractivity (Wildman–Crippen MR) is 208 cm³/mol. The number of nitrogens with one attached hydrogen (secondary N) is 2. The SMILES string of the molecule is CC(N)C(=O)NC(C)C(=O)NC(C)C(=O)OCCOc1ccc(-c2c(C#N)c(SCc3csc(-c4ccc(Cl)cc4)n3)nc(N3CCCC3)c2C#N)cc1. The van der Waals surface area contributed by atoms with E-state index < -0.39 is 35.9 Å². The molecule has 1 aliphatic rings. The van der Waals surface area contributed by atoms with E-state index in [1.807, 2.05) is 29.6 Å². The second-order valence-corrected chi connectivity index (χ2v) is 14.8. The minimum absolute atomic E-state index is 0.0327. The molecule has 2 amide bonds. The van der Waals surface area contributed by atoms with Crippen molar-refractivity contribution >= 4 is 58.3 Å². The molecule has 0 radical (unpaired) electrons. The van der Waals surface area contributed by atoms with Crippen molar-refractivity contribution in [3.63, 3.8) is 0 Å². The van der Waals surface area contributed by atoms with Crippen LogP contribution in [0.4, 0.5) is 5.82 Å². The van der Waals surface area contributed by atoms with Gasteiger partial charge in [-0.1, -0.05) is 47.6 Å². The zero-order chi connectivity index (χ0) is 38.8. The minimum Gasteiger partial charge on any atom is -0.490 e.